The molecule has 2 aromatic heterocycles. The van der Waals surface area contributed by atoms with Gasteiger partial charge in [-0.05, 0) is 18.6 Å². The van der Waals surface area contributed by atoms with Crippen molar-refractivity contribution >= 4 is 5.69 Å². The quantitative estimate of drug-likeness (QED) is 0.857. The molecule has 1 N–H and O–H groups in total. The first-order chi connectivity index (χ1) is 8.81. The summed E-state index contributed by atoms with van der Waals surface area (Å²) in [6.45, 7) is 3.57. The molecule has 0 atom stereocenters. The van der Waals surface area contributed by atoms with Crippen LogP contribution in [0.2, 0.25) is 0 Å². The van der Waals surface area contributed by atoms with E-state index < -0.39 is 0 Å². The second-order valence-electron chi connectivity index (χ2n) is 3.84. The molecule has 0 aliphatic heterocycles. The zero-order valence-electron chi connectivity index (χ0n) is 10.2. The molecule has 0 amide bonds. The minimum atomic E-state index is 0.176. The monoisotopic (exact) mass is 242 g/mol. The van der Waals surface area contributed by atoms with Crippen LogP contribution in [0.15, 0.2) is 24.7 Å². The van der Waals surface area contributed by atoms with E-state index in [1.165, 1.54) is 6.33 Å². The Kier molecular flexibility index (Phi) is 3.86. The molecule has 2 aromatic rings. The Morgan fingerprint density at radius 3 is 3.06 bits per heavy atom. The molecule has 0 fully saturated rings. The molecule has 0 bridgehead atoms. The van der Waals surface area contributed by atoms with E-state index >= 15 is 0 Å². The van der Waals surface area contributed by atoms with E-state index in [2.05, 4.69) is 27.3 Å². The highest BCUT2D eigenvalue weighted by atomic mass is 15.3. The minimum absolute atomic E-state index is 0.176. The average molecular weight is 242 g/mol. The van der Waals surface area contributed by atoms with Crippen molar-refractivity contribution in [3.05, 3.63) is 36.2 Å². The topological polar surface area (TPSA) is 79.4 Å². The van der Waals surface area contributed by atoms with Gasteiger partial charge in [-0.2, -0.15) is 5.26 Å². The number of rotatable bonds is 5. The van der Waals surface area contributed by atoms with Crippen LogP contribution in [0, 0.1) is 11.3 Å². The Bertz CT molecular complexity index is 554. The zero-order chi connectivity index (χ0) is 12.8. The van der Waals surface area contributed by atoms with E-state index in [4.69, 9.17) is 5.26 Å². The van der Waals surface area contributed by atoms with Gasteiger partial charge in [-0.1, -0.05) is 6.92 Å². The van der Waals surface area contributed by atoms with Crippen molar-refractivity contribution in [2.45, 2.75) is 19.9 Å². The smallest absolute Gasteiger partial charge is 0.252 e. The molecule has 0 aliphatic carbocycles. The summed E-state index contributed by atoms with van der Waals surface area (Å²) in [7, 11) is 0. The van der Waals surface area contributed by atoms with Gasteiger partial charge in [-0.3, -0.25) is 4.98 Å². The number of hydrogen-bond donors (Lipinski definition) is 1. The SMILES string of the molecule is CCCNc1ccnc(Cn2cnc(C#N)n2)c1. The third-order valence-corrected chi connectivity index (χ3v) is 2.36. The first-order valence-electron chi connectivity index (χ1n) is 5.80. The van der Waals surface area contributed by atoms with Gasteiger partial charge in [0.05, 0.1) is 12.2 Å². The number of nitrogens with one attached hydrogen (secondary N) is 1. The standard InChI is InChI=1S/C12H14N6/c1-2-4-14-10-3-5-15-11(6-10)8-18-9-16-12(7-13)17-18/h3,5-6,9H,2,4,8H2,1H3,(H,14,15). The molecule has 0 aromatic carbocycles. The molecular formula is C12H14N6. The van der Waals surface area contributed by atoms with Gasteiger partial charge in [0, 0.05) is 18.4 Å². The molecular weight excluding hydrogens is 228 g/mol. The van der Waals surface area contributed by atoms with Gasteiger partial charge in [0.1, 0.15) is 12.4 Å². The first kappa shape index (κ1) is 12.0. The van der Waals surface area contributed by atoms with Crippen LogP contribution in [0.3, 0.4) is 0 Å². The summed E-state index contributed by atoms with van der Waals surface area (Å²) < 4.78 is 1.60. The lowest BCUT2D eigenvalue weighted by Gasteiger charge is -2.06. The van der Waals surface area contributed by atoms with Crippen molar-refractivity contribution < 1.29 is 0 Å². The number of nitrogens with zero attached hydrogens (tertiary/aromatic N) is 5. The van der Waals surface area contributed by atoms with Crippen LogP contribution in [0.25, 0.3) is 0 Å². The maximum Gasteiger partial charge on any atom is 0.252 e. The summed E-state index contributed by atoms with van der Waals surface area (Å²) in [5.41, 5.74) is 1.92. The van der Waals surface area contributed by atoms with E-state index in [0.717, 1.165) is 24.3 Å². The fraction of sp³-hybridized carbons (Fsp3) is 0.333. The van der Waals surface area contributed by atoms with Crippen molar-refractivity contribution in [1.29, 1.82) is 5.26 Å². The molecule has 0 saturated carbocycles. The molecule has 2 rings (SSSR count). The van der Waals surface area contributed by atoms with Gasteiger partial charge < -0.3 is 5.32 Å². The van der Waals surface area contributed by atoms with Crippen molar-refractivity contribution in [3.8, 4) is 6.07 Å². The number of aromatic nitrogens is 4. The summed E-state index contributed by atoms with van der Waals surface area (Å²) in [6.07, 6.45) is 4.37. The van der Waals surface area contributed by atoms with E-state index in [-0.39, 0.29) is 5.82 Å². The summed E-state index contributed by atoms with van der Waals surface area (Å²) >= 11 is 0. The van der Waals surface area contributed by atoms with Crippen LogP contribution in [0.5, 0.6) is 0 Å². The van der Waals surface area contributed by atoms with E-state index in [0.29, 0.717) is 6.54 Å². The fourth-order valence-corrected chi connectivity index (χ4v) is 1.53. The highest BCUT2D eigenvalue weighted by molar-refractivity contribution is 5.43. The van der Waals surface area contributed by atoms with Crippen molar-refractivity contribution in [3.63, 3.8) is 0 Å². The maximum atomic E-state index is 8.64. The van der Waals surface area contributed by atoms with Crippen LogP contribution < -0.4 is 5.32 Å². The summed E-state index contributed by atoms with van der Waals surface area (Å²) in [5, 5.41) is 15.9. The minimum Gasteiger partial charge on any atom is -0.385 e. The number of hydrogen-bond acceptors (Lipinski definition) is 5. The van der Waals surface area contributed by atoms with Gasteiger partial charge in [-0.25, -0.2) is 9.67 Å². The Morgan fingerprint density at radius 2 is 2.33 bits per heavy atom. The highest BCUT2D eigenvalue weighted by Gasteiger charge is 2.02. The molecule has 6 nitrogen and oxygen atoms in total. The van der Waals surface area contributed by atoms with Crippen LogP contribution in [-0.4, -0.2) is 26.3 Å². The number of pyridine rings is 1. The summed E-state index contributed by atoms with van der Waals surface area (Å²) in [6, 6.07) is 5.80. The molecule has 92 valence electrons. The van der Waals surface area contributed by atoms with Gasteiger partial charge in [0.25, 0.3) is 5.82 Å². The molecule has 18 heavy (non-hydrogen) atoms. The highest BCUT2D eigenvalue weighted by Crippen LogP contribution is 2.08. The lowest BCUT2D eigenvalue weighted by Crippen LogP contribution is -2.05. The lowest BCUT2D eigenvalue weighted by atomic mass is 10.3. The summed E-state index contributed by atoms with van der Waals surface area (Å²) in [4.78, 5) is 8.12. The van der Waals surface area contributed by atoms with Crippen molar-refractivity contribution in [2.24, 2.45) is 0 Å². The zero-order valence-corrected chi connectivity index (χ0v) is 10.2. The van der Waals surface area contributed by atoms with Gasteiger partial charge in [0.2, 0.25) is 0 Å². The second-order valence-corrected chi connectivity index (χ2v) is 3.84. The largest absolute Gasteiger partial charge is 0.385 e. The molecule has 6 heteroatoms. The van der Waals surface area contributed by atoms with E-state index in [1.54, 1.807) is 10.9 Å². The van der Waals surface area contributed by atoms with E-state index in [1.807, 2.05) is 18.2 Å². The number of nitriles is 1. The fourth-order valence-electron chi connectivity index (χ4n) is 1.53. The molecule has 2 heterocycles. The van der Waals surface area contributed by atoms with Crippen LogP contribution in [0.4, 0.5) is 5.69 Å². The average Bonchev–Trinajstić information content (AvgIpc) is 2.84. The number of anilines is 1. The third-order valence-electron chi connectivity index (χ3n) is 2.36. The van der Waals surface area contributed by atoms with Gasteiger partial charge >= 0.3 is 0 Å². The Labute approximate surface area is 105 Å². The Balaban J connectivity index is 2.07. The lowest BCUT2D eigenvalue weighted by molar-refractivity contribution is 0.668. The third kappa shape index (κ3) is 3.04. The molecule has 0 saturated heterocycles. The summed E-state index contributed by atoms with van der Waals surface area (Å²) in [5.74, 6) is 0.176. The van der Waals surface area contributed by atoms with Gasteiger partial charge in [-0.15, -0.1) is 5.10 Å². The Morgan fingerprint density at radius 1 is 1.44 bits per heavy atom. The molecule has 0 spiro atoms. The Hall–Kier alpha value is -2.42. The van der Waals surface area contributed by atoms with E-state index in [9.17, 15) is 0 Å². The molecule has 0 aliphatic rings. The predicted molar refractivity (Wildman–Crippen MR) is 66.9 cm³/mol. The van der Waals surface area contributed by atoms with Crippen LogP contribution in [-0.2, 0) is 6.54 Å². The first-order valence-corrected chi connectivity index (χ1v) is 5.80. The molecule has 0 radical (unpaired) electrons. The van der Waals surface area contributed by atoms with Gasteiger partial charge in [0.15, 0.2) is 0 Å². The van der Waals surface area contributed by atoms with Crippen LogP contribution in [0.1, 0.15) is 24.9 Å². The molecule has 0 unspecified atom stereocenters. The second kappa shape index (κ2) is 5.77. The van der Waals surface area contributed by atoms with Crippen molar-refractivity contribution in [2.75, 3.05) is 11.9 Å². The van der Waals surface area contributed by atoms with Crippen LogP contribution >= 0.6 is 0 Å². The normalized spacial score (nSPS) is 10.0. The van der Waals surface area contributed by atoms with Crippen molar-refractivity contribution in [1.82, 2.24) is 19.7 Å². The maximum absolute atomic E-state index is 8.64. The predicted octanol–water partition coefficient (Wildman–Crippen LogP) is 1.41.